The lowest BCUT2D eigenvalue weighted by molar-refractivity contribution is -0.870. The van der Waals surface area contributed by atoms with E-state index in [9.17, 15) is 19.0 Å². The van der Waals surface area contributed by atoms with Crippen LogP contribution in [0.4, 0.5) is 0 Å². The molecule has 0 rings (SSSR count). The molecule has 0 aromatic carbocycles. The lowest BCUT2D eigenvalue weighted by Gasteiger charge is -2.27. The normalized spacial score (nSPS) is 14.5. The first-order valence-corrected chi connectivity index (χ1v) is 35.8. The van der Waals surface area contributed by atoms with E-state index in [-0.39, 0.29) is 37.9 Å². The Morgan fingerprint density at radius 2 is 0.744 bits per heavy atom. The van der Waals surface area contributed by atoms with E-state index in [2.05, 4.69) is 172 Å². The molecule has 0 aromatic rings. The number of nitrogens with zero attached hydrogens (tertiary/aromatic N) is 1. The van der Waals surface area contributed by atoms with E-state index < -0.39 is 20.0 Å². The Kier molecular flexibility index (Phi) is 60.4. The van der Waals surface area contributed by atoms with Gasteiger partial charge in [0.1, 0.15) is 19.3 Å². The molecule has 0 aliphatic heterocycles. The molecule has 2 N–H and O–H groups in total. The van der Waals surface area contributed by atoms with Crippen LogP contribution in [0, 0.1) is 0 Å². The Bertz CT molecular complexity index is 2030. The highest BCUT2D eigenvalue weighted by molar-refractivity contribution is 7.47. The first-order valence-electron chi connectivity index (χ1n) is 34.3. The fraction of sp³-hybridized carbons (Fsp3) is 0.632. The molecule has 0 aliphatic carbocycles. The smallest absolute Gasteiger partial charge is 0.456 e. The van der Waals surface area contributed by atoms with Crippen LogP contribution in [0.3, 0.4) is 0 Å². The van der Waals surface area contributed by atoms with Gasteiger partial charge in [0.2, 0.25) is 5.91 Å². The van der Waals surface area contributed by atoms with Gasteiger partial charge in [0.05, 0.1) is 33.8 Å². The van der Waals surface area contributed by atoms with Crippen molar-refractivity contribution in [3.8, 4) is 0 Å². The fourth-order valence-electron chi connectivity index (χ4n) is 9.00. The molecule has 0 radical (unpaired) electrons. The van der Waals surface area contributed by atoms with Gasteiger partial charge >= 0.3 is 13.8 Å². The van der Waals surface area contributed by atoms with Crippen molar-refractivity contribution in [2.45, 2.75) is 270 Å². The molecule has 0 heterocycles. The summed E-state index contributed by atoms with van der Waals surface area (Å²) in [5.74, 6) is -0.562. The molecule has 0 fully saturated rings. The van der Waals surface area contributed by atoms with Gasteiger partial charge in [0.15, 0.2) is 0 Å². The summed E-state index contributed by atoms with van der Waals surface area (Å²) >= 11 is 0. The van der Waals surface area contributed by atoms with Crippen molar-refractivity contribution in [1.82, 2.24) is 5.32 Å². The van der Waals surface area contributed by atoms with Crippen LogP contribution >= 0.6 is 7.82 Å². The molecule has 488 valence electrons. The minimum absolute atomic E-state index is 0.0229. The van der Waals surface area contributed by atoms with Crippen LogP contribution in [0.5, 0.6) is 0 Å². The number of carbonyl (C=O) groups excluding carboxylic acids is 2. The maximum Gasteiger partial charge on any atom is 0.472 e. The van der Waals surface area contributed by atoms with Gasteiger partial charge in [-0.15, -0.1) is 0 Å². The molecule has 0 saturated carbocycles. The third kappa shape index (κ3) is 64.1. The topological polar surface area (TPSA) is 111 Å². The summed E-state index contributed by atoms with van der Waals surface area (Å²) in [5.41, 5.74) is 0. The van der Waals surface area contributed by atoms with Gasteiger partial charge in [-0.05, 0) is 134 Å². The van der Waals surface area contributed by atoms with Crippen molar-refractivity contribution in [1.29, 1.82) is 0 Å². The second kappa shape index (κ2) is 63.6. The van der Waals surface area contributed by atoms with Gasteiger partial charge < -0.3 is 19.4 Å². The third-order valence-electron chi connectivity index (χ3n) is 14.2. The molecule has 0 aromatic heterocycles. The van der Waals surface area contributed by atoms with Crippen LogP contribution < -0.4 is 5.32 Å². The zero-order chi connectivity index (χ0) is 62.8. The van der Waals surface area contributed by atoms with Gasteiger partial charge in [-0.1, -0.05) is 269 Å². The van der Waals surface area contributed by atoms with E-state index in [4.69, 9.17) is 13.8 Å². The van der Waals surface area contributed by atoms with E-state index in [1.807, 2.05) is 33.3 Å². The fourth-order valence-corrected chi connectivity index (χ4v) is 9.74. The maximum absolute atomic E-state index is 13.6. The van der Waals surface area contributed by atoms with Crippen LogP contribution in [0.25, 0.3) is 0 Å². The van der Waals surface area contributed by atoms with Gasteiger partial charge in [-0.3, -0.25) is 18.6 Å². The molecular formula is C76H128N2O7P+. The van der Waals surface area contributed by atoms with Gasteiger partial charge in [-0.25, -0.2) is 4.57 Å². The SMILES string of the molecule is CC/C=C\C/C=C\C/C=C\C/C=C\C/C=C\C/C=C\CCCCCCCCC(=O)OC(/C=C/CCCCCCCCCCCC)C(COP(=O)(O)OCC[N+](C)(C)C)NC(=O)CCCCCC/C=C\C/C=C\C/C=C\C/C=C\C/C=C\C/C=C\CC. The molecule has 3 unspecified atom stereocenters. The monoisotopic (exact) mass is 1210 g/mol. The Morgan fingerprint density at radius 1 is 0.419 bits per heavy atom. The van der Waals surface area contributed by atoms with E-state index in [1.165, 1.54) is 51.4 Å². The minimum Gasteiger partial charge on any atom is -0.456 e. The van der Waals surface area contributed by atoms with Gasteiger partial charge in [0, 0.05) is 12.8 Å². The summed E-state index contributed by atoms with van der Waals surface area (Å²) < 4.78 is 30.8. The number of rotatable bonds is 60. The minimum atomic E-state index is -4.48. The lowest BCUT2D eigenvalue weighted by Crippen LogP contribution is -2.47. The zero-order valence-corrected chi connectivity index (χ0v) is 56.6. The molecule has 9 nitrogen and oxygen atoms in total. The number of carbonyl (C=O) groups is 2. The summed E-state index contributed by atoms with van der Waals surface area (Å²) in [6.45, 7) is 6.74. The molecule has 0 bridgehead atoms. The Morgan fingerprint density at radius 3 is 1.12 bits per heavy atom. The number of phosphoric ester groups is 1. The van der Waals surface area contributed by atoms with Crippen molar-refractivity contribution >= 4 is 19.7 Å². The number of nitrogens with one attached hydrogen (secondary N) is 1. The van der Waals surface area contributed by atoms with E-state index >= 15 is 0 Å². The second-order valence-corrected chi connectivity index (χ2v) is 25.0. The molecule has 10 heteroatoms. The largest absolute Gasteiger partial charge is 0.472 e. The highest BCUT2D eigenvalue weighted by Crippen LogP contribution is 2.43. The third-order valence-corrected chi connectivity index (χ3v) is 15.2. The first kappa shape index (κ1) is 81.6. The highest BCUT2D eigenvalue weighted by atomic mass is 31.2. The molecule has 3 atom stereocenters. The lowest BCUT2D eigenvalue weighted by atomic mass is 10.0. The zero-order valence-electron chi connectivity index (χ0n) is 55.7. The van der Waals surface area contributed by atoms with Crippen molar-refractivity contribution in [3.05, 3.63) is 158 Å². The van der Waals surface area contributed by atoms with Gasteiger partial charge in [0.25, 0.3) is 0 Å². The van der Waals surface area contributed by atoms with Gasteiger partial charge in [-0.2, -0.15) is 0 Å². The summed E-state index contributed by atoms with van der Waals surface area (Å²) in [5, 5.41) is 3.04. The summed E-state index contributed by atoms with van der Waals surface area (Å²) in [4.78, 5) is 37.9. The van der Waals surface area contributed by atoms with Crippen molar-refractivity contribution in [3.63, 3.8) is 0 Å². The summed E-state index contributed by atoms with van der Waals surface area (Å²) in [6.07, 6.45) is 93.9. The number of hydrogen-bond donors (Lipinski definition) is 2. The van der Waals surface area contributed by atoms with Crippen molar-refractivity contribution in [2.24, 2.45) is 0 Å². The number of hydrogen-bond acceptors (Lipinski definition) is 6. The Balaban J connectivity index is 5.24. The van der Waals surface area contributed by atoms with Crippen LogP contribution in [0.2, 0.25) is 0 Å². The molecule has 1 amide bonds. The number of esters is 1. The maximum atomic E-state index is 13.6. The Labute approximate surface area is 529 Å². The number of unbranched alkanes of at least 4 members (excludes halogenated alkanes) is 20. The number of likely N-dealkylation sites (N-methyl/N-ethyl adjacent to an activating group) is 1. The average Bonchev–Trinajstić information content (AvgIpc) is 3.65. The number of allylic oxidation sites excluding steroid dienone is 25. The molecule has 0 aliphatic rings. The quantitative estimate of drug-likeness (QED) is 0.0205. The average molecular weight is 1210 g/mol. The Hall–Kier alpha value is -4.37. The number of quaternary nitrogens is 1. The number of ether oxygens (including phenoxy) is 1. The first-order chi connectivity index (χ1) is 41.9. The van der Waals surface area contributed by atoms with E-state index in [1.54, 1.807) is 0 Å². The standard InChI is InChI=1S/C76H127N2O7P/c1-7-10-13-16-19-22-25-28-30-32-34-36-38-39-41-43-45-47-49-51-54-57-60-63-66-69-76(80)85-74(67-64-61-58-55-52-27-24-21-18-15-12-9-3)73(72-84-86(81,82)83-71-70-78(4,5)6)77-75(79)68-65-62-59-56-53-50-48-46-44-42-40-37-35-33-31-29-26-23-20-17-14-11-8-2/h10-11,13-14,19-20,22-23,28-31,34-37,39,41-42,44-45,47-48,50,64,67,73-74H,7-9,12,15-18,21,24-27,32-33,38,40,43,46,49,51-63,65-66,68-72H2,1-6H3,(H-,77,79,81,82)/p+1/b13-10-,14-11-,22-19-,23-20-,30-28-,31-29-,36-34-,37-35-,41-39-,44-42-,47-45-,50-48-,67-64+. The van der Waals surface area contributed by atoms with Crippen molar-refractivity contribution < 1.29 is 37.3 Å². The number of phosphoric acid groups is 1. The number of amides is 1. The molecular weight excluding hydrogens is 1080 g/mol. The van der Waals surface area contributed by atoms with E-state index in [0.717, 1.165) is 161 Å². The predicted molar refractivity (Wildman–Crippen MR) is 373 cm³/mol. The predicted octanol–water partition coefficient (Wildman–Crippen LogP) is 21.9. The molecule has 0 spiro atoms. The van der Waals surface area contributed by atoms with Crippen LogP contribution in [0.15, 0.2) is 158 Å². The van der Waals surface area contributed by atoms with E-state index in [0.29, 0.717) is 23.9 Å². The second-order valence-electron chi connectivity index (χ2n) is 23.6. The van der Waals surface area contributed by atoms with Crippen LogP contribution in [-0.2, 0) is 27.9 Å². The van der Waals surface area contributed by atoms with Crippen molar-refractivity contribution in [2.75, 3.05) is 40.9 Å². The molecule has 0 saturated heterocycles. The summed E-state index contributed by atoms with van der Waals surface area (Å²) in [7, 11) is 1.44. The summed E-state index contributed by atoms with van der Waals surface area (Å²) in [6, 6.07) is -0.882. The van der Waals surface area contributed by atoms with Crippen LogP contribution in [-0.4, -0.2) is 74.3 Å². The molecule has 86 heavy (non-hydrogen) atoms. The van der Waals surface area contributed by atoms with Crippen LogP contribution in [0.1, 0.15) is 258 Å². The highest BCUT2D eigenvalue weighted by Gasteiger charge is 2.30.